The van der Waals surface area contributed by atoms with Crippen molar-refractivity contribution < 1.29 is 14.0 Å². The zero-order chi connectivity index (χ0) is 12.8. The summed E-state index contributed by atoms with van der Waals surface area (Å²) in [5, 5.41) is 11.2. The maximum absolute atomic E-state index is 13.3. The monoisotopic (exact) mass is 243 g/mol. The molecule has 0 radical (unpaired) electrons. The summed E-state index contributed by atoms with van der Waals surface area (Å²) >= 11 is 0. The number of rotatable bonds is 5. The van der Waals surface area contributed by atoms with Crippen LogP contribution in [0.1, 0.15) is 12.0 Å². The Balaban J connectivity index is 2.56. The molecular formula is C11H15F2N3O. The normalized spacial score (nSPS) is 12.1. The van der Waals surface area contributed by atoms with Crippen LogP contribution in [0.15, 0.2) is 23.4 Å². The predicted molar refractivity (Wildman–Crippen MR) is 60.7 cm³/mol. The van der Waals surface area contributed by atoms with Gasteiger partial charge in [-0.3, -0.25) is 0 Å². The van der Waals surface area contributed by atoms with E-state index in [2.05, 4.69) is 5.16 Å². The summed E-state index contributed by atoms with van der Waals surface area (Å²) in [7, 11) is 1.75. The average molecular weight is 243 g/mol. The lowest BCUT2D eigenvalue weighted by atomic mass is 10.2. The highest BCUT2D eigenvalue weighted by Crippen LogP contribution is 2.13. The van der Waals surface area contributed by atoms with E-state index in [0.717, 1.165) is 6.07 Å². The van der Waals surface area contributed by atoms with Gasteiger partial charge in [0.2, 0.25) is 0 Å². The van der Waals surface area contributed by atoms with Crippen LogP contribution in [-0.2, 0) is 6.54 Å². The quantitative estimate of drug-likeness (QED) is 0.357. The third-order valence-electron chi connectivity index (χ3n) is 2.35. The molecule has 6 heteroatoms. The highest BCUT2D eigenvalue weighted by atomic mass is 19.2. The molecule has 0 spiro atoms. The van der Waals surface area contributed by atoms with E-state index in [-0.39, 0.29) is 17.9 Å². The molecule has 0 fully saturated rings. The molecule has 0 aliphatic carbocycles. The van der Waals surface area contributed by atoms with Crippen LogP contribution in [0.4, 0.5) is 8.78 Å². The summed E-state index contributed by atoms with van der Waals surface area (Å²) in [6.45, 7) is 0.758. The molecule has 1 aromatic carbocycles. The maximum Gasteiger partial charge on any atom is 0.163 e. The molecule has 0 amide bonds. The Labute approximate surface area is 98.3 Å². The van der Waals surface area contributed by atoms with E-state index in [1.165, 1.54) is 12.1 Å². The third-order valence-corrected chi connectivity index (χ3v) is 2.35. The van der Waals surface area contributed by atoms with Gasteiger partial charge in [0.05, 0.1) is 0 Å². The van der Waals surface area contributed by atoms with Crippen LogP contribution in [0.3, 0.4) is 0 Å². The van der Waals surface area contributed by atoms with Crippen LogP contribution in [0.2, 0.25) is 0 Å². The fourth-order valence-corrected chi connectivity index (χ4v) is 1.40. The number of oxime groups is 1. The van der Waals surface area contributed by atoms with E-state index < -0.39 is 11.6 Å². The molecule has 0 unspecified atom stereocenters. The van der Waals surface area contributed by atoms with E-state index in [9.17, 15) is 8.78 Å². The van der Waals surface area contributed by atoms with Crippen LogP contribution in [0.5, 0.6) is 0 Å². The van der Waals surface area contributed by atoms with E-state index in [1.807, 2.05) is 0 Å². The standard InChI is InChI=1S/C11H15F2N3O/c1-16(6-5-10(14)15-17)7-8-3-2-4-9(12)11(8)13/h2-4,17H,5-7H2,1H3,(H2,14,15). The van der Waals surface area contributed by atoms with Gasteiger partial charge >= 0.3 is 0 Å². The van der Waals surface area contributed by atoms with E-state index in [4.69, 9.17) is 10.9 Å². The van der Waals surface area contributed by atoms with Crippen molar-refractivity contribution in [1.82, 2.24) is 4.90 Å². The Morgan fingerprint density at radius 2 is 2.18 bits per heavy atom. The second kappa shape index (κ2) is 6.15. The molecule has 3 N–H and O–H groups in total. The van der Waals surface area contributed by atoms with Gasteiger partial charge < -0.3 is 15.8 Å². The Morgan fingerprint density at radius 1 is 1.47 bits per heavy atom. The molecule has 4 nitrogen and oxygen atoms in total. The second-order valence-corrected chi connectivity index (χ2v) is 3.79. The van der Waals surface area contributed by atoms with Gasteiger partial charge in [-0.15, -0.1) is 0 Å². The SMILES string of the molecule is CN(CC/C(N)=N/O)Cc1cccc(F)c1F. The first-order chi connectivity index (χ1) is 8.04. The van der Waals surface area contributed by atoms with Crippen molar-refractivity contribution in [3.05, 3.63) is 35.4 Å². The molecule has 0 aliphatic rings. The summed E-state index contributed by atoms with van der Waals surface area (Å²) in [5.74, 6) is -1.58. The van der Waals surface area contributed by atoms with Crippen LogP contribution in [-0.4, -0.2) is 29.5 Å². The first kappa shape index (κ1) is 13.4. The Bertz CT molecular complexity index is 410. The first-order valence-corrected chi connectivity index (χ1v) is 5.12. The molecule has 0 saturated carbocycles. The molecule has 0 heterocycles. The number of hydrogen-bond donors (Lipinski definition) is 2. The number of nitrogens with zero attached hydrogens (tertiary/aromatic N) is 2. The molecule has 17 heavy (non-hydrogen) atoms. The Hall–Kier alpha value is -1.69. The van der Waals surface area contributed by atoms with Crippen LogP contribution in [0, 0.1) is 11.6 Å². The van der Waals surface area contributed by atoms with Crippen molar-refractivity contribution in [2.24, 2.45) is 10.9 Å². The maximum atomic E-state index is 13.3. The third kappa shape index (κ3) is 3.99. The van der Waals surface area contributed by atoms with Gasteiger partial charge in [-0.05, 0) is 13.1 Å². The van der Waals surface area contributed by atoms with Crippen molar-refractivity contribution in [2.45, 2.75) is 13.0 Å². The van der Waals surface area contributed by atoms with Crippen molar-refractivity contribution in [1.29, 1.82) is 0 Å². The predicted octanol–water partition coefficient (Wildman–Crippen LogP) is 1.53. The lowest BCUT2D eigenvalue weighted by Crippen LogP contribution is -2.25. The molecule has 0 saturated heterocycles. The summed E-state index contributed by atoms with van der Waals surface area (Å²) < 4.78 is 26.3. The summed E-state index contributed by atoms with van der Waals surface area (Å²) in [5.41, 5.74) is 5.59. The lowest BCUT2D eigenvalue weighted by Gasteiger charge is -2.16. The topological polar surface area (TPSA) is 61.8 Å². The van der Waals surface area contributed by atoms with Crippen molar-refractivity contribution in [3.63, 3.8) is 0 Å². The average Bonchev–Trinajstić information content (AvgIpc) is 2.32. The Morgan fingerprint density at radius 3 is 2.82 bits per heavy atom. The second-order valence-electron chi connectivity index (χ2n) is 3.79. The highest BCUT2D eigenvalue weighted by molar-refractivity contribution is 5.79. The smallest absolute Gasteiger partial charge is 0.163 e. The minimum absolute atomic E-state index is 0.108. The van der Waals surface area contributed by atoms with Crippen LogP contribution in [0.25, 0.3) is 0 Å². The van der Waals surface area contributed by atoms with Crippen LogP contribution >= 0.6 is 0 Å². The first-order valence-electron chi connectivity index (χ1n) is 5.12. The van der Waals surface area contributed by atoms with E-state index >= 15 is 0 Å². The van der Waals surface area contributed by atoms with E-state index in [1.54, 1.807) is 11.9 Å². The molecule has 1 rings (SSSR count). The molecule has 0 aromatic heterocycles. The fraction of sp³-hybridized carbons (Fsp3) is 0.364. The van der Waals surface area contributed by atoms with Crippen LogP contribution < -0.4 is 5.73 Å². The summed E-state index contributed by atoms with van der Waals surface area (Å²) in [6.07, 6.45) is 0.365. The number of benzene rings is 1. The van der Waals surface area contributed by atoms with Gasteiger partial charge in [0.15, 0.2) is 11.6 Å². The van der Waals surface area contributed by atoms with Gasteiger partial charge in [0, 0.05) is 25.1 Å². The van der Waals surface area contributed by atoms with Crippen molar-refractivity contribution in [2.75, 3.05) is 13.6 Å². The van der Waals surface area contributed by atoms with Gasteiger partial charge in [-0.25, -0.2) is 8.78 Å². The highest BCUT2D eigenvalue weighted by Gasteiger charge is 2.09. The lowest BCUT2D eigenvalue weighted by molar-refractivity contribution is 0.307. The number of hydrogen-bond acceptors (Lipinski definition) is 3. The number of nitrogens with two attached hydrogens (primary N) is 1. The molecule has 0 aliphatic heterocycles. The molecule has 0 bridgehead atoms. The van der Waals surface area contributed by atoms with Gasteiger partial charge in [0.1, 0.15) is 5.84 Å². The van der Waals surface area contributed by atoms with E-state index in [0.29, 0.717) is 13.0 Å². The Kier molecular flexibility index (Phi) is 4.84. The molecular weight excluding hydrogens is 228 g/mol. The summed E-state index contributed by atoms with van der Waals surface area (Å²) in [6, 6.07) is 4.07. The zero-order valence-corrected chi connectivity index (χ0v) is 9.53. The largest absolute Gasteiger partial charge is 0.409 e. The minimum atomic E-state index is -0.854. The van der Waals surface area contributed by atoms with Gasteiger partial charge in [-0.2, -0.15) is 0 Å². The van der Waals surface area contributed by atoms with Gasteiger partial charge in [-0.1, -0.05) is 17.3 Å². The molecule has 94 valence electrons. The summed E-state index contributed by atoms with van der Waals surface area (Å²) in [4.78, 5) is 1.76. The number of amidine groups is 1. The van der Waals surface area contributed by atoms with Crippen molar-refractivity contribution in [3.8, 4) is 0 Å². The number of halogens is 2. The minimum Gasteiger partial charge on any atom is -0.409 e. The molecule has 1 aromatic rings. The fourth-order valence-electron chi connectivity index (χ4n) is 1.40. The zero-order valence-electron chi connectivity index (χ0n) is 9.53. The van der Waals surface area contributed by atoms with Gasteiger partial charge in [0.25, 0.3) is 0 Å². The molecule has 0 atom stereocenters. The van der Waals surface area contributed by atoms with Crippen molar-refractivity contribution >= 4 is 5.84 Å².